The molecule has 0 aliphatic rings. The van der Waals surface area contributed by atoms with Crippen LogP contribution in [0.15, 0.2) is 28.7 Å². The van der Waals surface area contributed by atoms with Crippen molar-refractivity contribution in [2.45, 2.75) is 32.6 Å². The Kier molecular flexibility index (Phi) is 5.65. The van der Waals surface area contributed by atoms with Gasteiger partial charge >= 0.3 is 0 Å². The van der Waals surface area contributed by atoms with Gasteiger partial charge in [-0.05, 0) is 32.9 Å². The van der Waals surface area contributed by atoms with E-state index < -0.39 is 16.6 Å². The van der Waals surface area contributed by atoms with Gasteiger partial charge in [0.15, 0.2) is 0 Å². The third-order valence-corrected chi connectivity index (χ3v) is 4.22. The van der Waals surface area contributed by atoms with Crippen LogP contribution in [0.2, 0.25) is 0 Å². The molecule has 0 bridgehead atoms. The minimum Gasteiger partial charge on any atom is -0.441 e. The Morgan fingerprint density at radius 2 is 2.09 bits per heavy atom. The van der Waals surface area contributed by atoms with Gasteiger partial charge < -0.3 is 9.73 Å². The van der Waals surface area contributed by atoms with Gasteiger partial charge in [-0.25, -0.2) is 9.37 Å². The summed E-state index contributed by atoms with van der Waals surface area (Å²) in [6, 6.07) is 6.16. The van der Waals surface area contributed by atoms with Crippen molar-refractivity contribution in [3.63, 3.8) is 0 Å². The molecule has 1 heterocycles. The van der Waals surface area contributed by atoms with Gasteiger partial charge in [-0.15, -0.1) is 0 Å². The number of amides is 1. The molecule has 0 radical (unpaired) electrons. The second kappa shape index (κ2) is 7.50. The van der Waals surface area contributed by atoms with Crippen LogP contribution in [0.4, 0.5) is 4.39 Å². The normalized spacial score (nSPS) is 12.4. The van der Waals surface area contributed by atoms with Gasteiger partial charge in [-0.3, -0.25) is 9.00 Å². The van der Waals surface area contributed by atoms with E-state index in [1.165, 1.54) is 6.07 Å². The molecule has 0 saturated carbocycles. The van der Waals surface area contributed by atoms with Gasteiger partial charge in [-0.2, -0.15) is 0 Å². The number of benzene rings is 1. The number of carbonyl (C=O) groups excluding carboxylic acids is 1. The first kappa shape index (κ1) is 17.3. The predicted octanol–water partition coefficient (Wildman–Crippen LogP) is 2.56. The maximum atomic E-state index is 13.8. The Morgan fingerprint density at radius 1 is 1.39 bits per heavy atom. The zero-order valence-electron chi connectivity index (χ0n) is 13.3. The molecule has 1 amide bonds. The maximum Gasteiger partial charge on any atom is 0.232 e. The van der Waals surface area contributed by atoms with E-state index in [0.717, 1.165) is 0 Å². The highest BCUT2D eigenvalue weighted by molar-refractivity contribution is 7.84. The fraction of sp³-hybridized carbons (Fsp3) is 0.375. The van der Waals surface area contributed by atoms with Crippen molar-refractivity contribution in [2.75, 3.05) is 5.75 Å². The number of hydrogen-bond donors (Lipinski definition) is 1. The molecule has 0 aliphatic carbocycles. The molecule has 2 aromatic rings. The van der Waals surface area contributed by atoms with Crippen LogP contribution in [0.1, 0.15) is 25.3 Å². The Morgan fingerprint density at radius 3 is 2.74 bits per heavy atom. The summed E-state index contributed by atoms with van der Waals surface area (Å²) < 4.78 is 31.3. The van der Waals surface area contributed by atoms with Gasteiger partial charge in [0.1, 0.15) is 17.3 Å². The Labute approximate surface area is 136 Å². The lowest BCUT2D eigenvalue weighted by atomic mass is 10.2. The SMILES string of the molecule is Cc1oc(-c2ccccc2F)nc1C[S@@](=O)CC(=O)NC(C)C. The lowest BCUT2D eigenvalue weighted by Gasteiger charge is -2.07. The van der Waals surface area contributed by atoms with Crippen LogP contribution >= 0.6 is 0 Å². The molecule has 1 aromatic carbocycles. The number of rotatable bonds is 6. The minimum absolute atomic E-state index is 0.000875. The van der Waals surface area contributed by atoms with Gasteiger partial charge in [0.05, 0.1) is 17.0 Å². The number of hydrogen-bond acceptors (Lipinski definition) is 4. The quantitative estimate of drug-likeness (QED) is 0.879. The van der Waals surface area contributed by atoms with Crippen molar-refractivity contribution in [3.05, 3.63) is 41.5 Å². The lowest BCUT2D eigenvalue weighted by molar-refractivity contribution is -0.119. The third kappa shape index (κ3) is 4.72. The van der Waals surface area contributed by atoms with Crippen LogP contribution in [-0.4, -0.2) is 26.9 Å². The average Bonchev–Trinajstić information content (AvgIpc) is 2.79. The number of oxazole rings is 1. The largest absolute Gasteiger partial charge is 0.441 e. The molecule has 7 heteroatoms. The lowest BCUT2D eigenvalue weighted by Crippen LogP contribution is -2.34. The summed E-state index contributed by atoms with van der Waals surface area (Å²) in [4.78, 5) is 15.8. The molecule has 2 rings (SSSR count). The van der Waals surface area contributed by atoms with E-state index in [2.05, 4.69) is 10.3 Å². The molecule has 0 aliphatic heterocycles. The molecule has 5 nitrogen and oxygen atoms in total. The predicted molar refractivity (Wildman–Crippen MR) is 86.6 cm³/mol. The van der Waals surface area contributed by atoms with E-state index >= 15 is 0 Å². The first-order valence-corrected chi connectivity index (χ1v) is 8.71. The van der Waals surface area contributed by atoms with Crippen LogP contribution in [0.25, 0.3) is 11.5 Å². The summed E-state index contributed by atoms with van der Waals surface area (Å²) >= 11 is 0. The molecule has 0 saturated heterocycles. The van der Waals surface area contributed by atoms with E-state index in [9.17, 15) is 13.4 Å². The summed E-state index contributed by atoms with van der Waals surface area (Å²) in [7, 11) is -1.40. The van der Waals surface area contributed by atoms with Crippen molar-refractivity contribution in [2.24, 2.45) is 0 Å². The number of aromatic nitrogens is 1. The number of nitrogens with zero attached hydrogens (tertiary/aromatic N) is 1. The monoisotopic (exact) mass is 338 g/mol. The van der Waals surface area contributed by atoms with E-state index in [0.29, 0.717) is 11.5 Å². The van der Waals surface area contributed by atoms with Crippen LogP contribution in [-0.2, 0) is 21.3 Å². The zero-order chi connectivity index (χ0) is 17.0. The molecule has 124 valence electrons. The van der Waals surface area contributed by atoms with E-state index in [-0.39, 0.29) is 34.9 Å². The highest BCUT2D eigenvalue weighted by Gasteiger charge is 2.17. The second-order valence-electron chi connectivity index (χ2n) is 5.45. The number of aryl methyl sites for hydroxylation is 1. The Bertz CT molecular complexity index is 728. The summed E-state index contributed by atoms with van der Waals surface area (Å²) in [6.07, 6.45) is 0. The number of carbonyl (C=O) groups is 1. The molecular weight excluding hydrogens is 319 g/mol. The smallest absolute Gasteiger partial charge is 0.232 e. The number of halogens is 1. The fourth-order valence-corrected chi connectivity index (χ4v) is 3.08. The van der Waals surface area contributed by atoms with Gasteiger partial charge in [0.2, 0.25) is 11.8 Å². The molecule has 0 unspecified atom stereocenters. The highest BCUT2D eigenvalue weighted by atomic mass is 32.2. The van der Waals surface area contributed by atoms with Gasteiger partial charge in [0, 0.05) is 16.8 Å². The van der Waals surface area contributed by atoms with Crippen LogP contribution in [0.5, 0.6) is 0 Å². The molecular formula is C16H19FN2O3S. The maximum absolute atomic E-state index is 13.8. The summed E-state index contributed by atoms with van der Waals surface area (Å²) in [5.41, 5.74) is 0.726. The first-order chi connectivity index (χ1) is 10.9. The first-order valence-electron chi connectivity index (χ1n) is 7.22. The summed E-state index contributed by atoms with van der Waals surface area (Å²) in [5, 5.41) is 2.69. The standard InChI is InChI=1S/C16H19FN2O3S/c1-10(2)18-15(20)9-23(21)8-14-11(3)22-16(19-14)12-6-4-5-7-13(12)17/h4-7,10H,8-9H2,1-3H3,(H,18,20)/t23-/m1/s1. The zero-order valence-corrected chi connectivity index (χ0v) is 14.1. The van der Waals surface area contributed by atoms with E-state index in [1.54, 1.807) is 25.1 Å². The third-order valence-electron chi connectivity index (χ3n) is 3.04. The van der Waals surface area contributed by atoms with Crippen molar-refractivity contribution >= 4 is 16.7 Å². The molecule has 23 heavy (non-hydrogen) atoms. The summed E-state index contributed by atoms with van der Waals surface area (Å²) in [5.74, 6) is -0.0823. The Balaban J connectivity index is 2.09. The van der Waals surface area contributed by atoms with Gasteiger partial charge in [-0.1, -0.05) is 12.1 Å². The second-order valence-corrected chi connectivity index (χ2v) is 6.91. The molecule has 1 N–H and O–H groups in total. The van der Waals surface area contributed by atoms with Crippen molar-refractivity contribution in [1.82, 2.24) is 10.3 Å². The minimum atomic E-state index is -1.40. The number of nitrogens with one attached hydrogen (secondary N) is 1. The van der Waals surface area contributed by atoms with Crippen LogP contribution in [0.3, 0.4) is 0 Å². The van der Waals surface area contributed by atoms with E-state index in [1.807, 2.05) is 13.8 Å². The molecule has 1 atom stereocenters. The van der Waals surface area contributed by atoms with Crippen LogP contribution in [0, 0.1) is 12.7 Å². The van der Waals surface area contributed by atoms with Crippen molar-refractivity contribution in [3.8, 4) is 11.5 Å². The summed E-state index contributed by atoms with van der Waals surface area (Å²) in [6.45, 7) is 5.35. The van der Waals surface area contributed by atoms with Crippen molar-refractivity contribution < 1.29 is 17.8 Å². The van der Waals surface area contributed by atoms with Crippen molar-refractivity contribution in [1.29, 1.82) is 0 Å². The van der Waals surface area contributed by atoms with Gasteiger partial charge in [0.25, 0.3) is 0 Å². The molecule has 1 aromatic heterocycles. The average molecular weight is 338 g/mol. The fourth-order valence-electron chi connectivity index (χ4n) is 2.03. The topological polar surface area (TPSA) is 72.2 Å². The molecule has 0 fully saturated rings. The molecule has 0 spiro atoms. The highest BCUT2D eigenvalue weighted by Crippen LogP contribution is 2.24. The van der Waals surface area contributed by atoms with E-state index in [4.69, 9.17) is 4.42 Å². The van der Waals surface area contributed by atoms with Crippen LogP contribution < -0.4 is 5.32 Å². The Hall–Kier alpha value is -2.02.